The minimum absolute atomic E-state index is 0.0405. The SMILES string of the molecule is CN(C)CCN(C(=O)c1ccc(CN(C)C)o1)C1CCCC1. The molecule has 2 rings (SSSR count). The molecule has 0 aromatic carbocycles. The molecule has 1 heterocycles. The fourth-order valence-corrected chi connectivity index (χ4v) is 3.00. The molecule has 1 aromatic rings. The molecule has 1 fully saturated rings. The van der Waals surface area contributed by atoms with Gasteiger partial charge in [-0.2, -0.15) is 0 Å². The van der Waals surface area contributed by atoms with Crippen LogP contribution in [0, 0.1) is 0 Å². The van der Waals surface area contributed by atoms with Crippen molar-refractivity contribution in [2.75, 3.05) is 41.3 Å². The van der Waals surface area contributed by atoms with Gasteiger partial charge in [-0.25, -0.2) is 0 Å². The van der Waals surface area contributed by atoms with Crippen molar-refractivity contribution in [1.29, 1.82) is 0 Å². The summed E-state index contributed by atoms with van der Waals surface area (Å²) >= 11 is 0. The number of carbonyl (C=O) groups excluding carboxylic acids is 1. The van der Waals surface area contributed by atoms with Gasteiger partial charge >= 0.3 is 0 Å². The van der Waals surface area contributed by atoms with Crippen LogP contribution in [0.2, 0.25) is 0 Å². The maximum absolute atomic E-state index is 12.8. The van der Waals surface area contributed by atoms with E-state index in [0.29, 0.717) is 18.3 Å². The lowest BCUT2D eigenvalue weighted by Crippen LogP contribution is -2.42. The molecule has 5 heteroatoms. The van der Waals surface area contributed by atoms with Crippen molar-refractivity contribution in [1.82, 2.24) is 14.7 Å². The molecule has 1 aliphatic rings. The summed E-state index contributed by atoms with van der Waals surface area (Å²) in [5.41, 5.74) is 0. The number of likely N-dealkylation sites (N-methyl/N-ethyl adjacent to an activating group) is 1. The average Bonchev–Trinajstić information content (AvgIpc) is 3.09. The van der Waals surface area contributed by atoms with Crippen molar-refractivity contribution in [3.8, 4) is 0 Å². The second kappa shape index (κ2) is 7.79. The highest BCUT2D eigenvalue weighted by molar-refractivity contribution is 5.91. The van der Waals surface area contributed by atoms with Gasteiger partial charge in [-0.05, 0) is 53.2 Å². The number of hydrogen-bond donors (Lipinski definition) is 0. The van der Waals surface area contributed by atoms with E-state index in [1.165, 1.54) is 12.8 Å². The molecule has 0 aliphatic heterocycles. The molecule has 0 bridgehead atoms. The third-order valence-corrected chi connectivity index (χ3v) is 4.16. The zero-order valence-corrected chi connectivity index (χ0v) is 14.3. The molecule has 0 N–H and O–H groups in total. The summed E-state index contributed by atoms with van der Waals surface area (Å²) in [6.07, 6.45) is 4.68. The quantitative estimate of drug-likeness (QED) is 0.775. The first-order valence-corrected chi connectivity index (χ1v) is 8.16. The Morgan fingerprint density at radius 1 is 1.09 bits per heavy atom. The molecule has 0 atom stereocenters. The predicted molar refractivity (Wildman–Crippen MR) is 87.9 cm³/mol. The number of amides is 1. The first-order chi connectivity index (χ1) is 10.5. The number of nitrogens with zero attached hydrogens (tertiary/aromatic N) is 3. The fraction of sp³-hybridized carbons (Fsp3) is 0.706. The van der Waals surface area contributed by atoms with E-state index in [-0.39, 0.29) is 5.91 Å². The van der Waals surface area contributed by atoms with Gasteiger partial charge in [0, 0.05) is 19.1 Å². The van der Waals surface area contributed by atoms with Crippen molar-refractivity contribution in [2.45, 2.75) is 38.3 Å². The van der Waals surface area contributed by atoms with Crippen molar-refractivity contribution in [3.63, 3.8) is 0 Å². The van der Waals surface area contributed by atoms with Gasteiger partial charge in [0.25, 0.3) is 5.91 Å². The van der Waals surface area contributed by atoms with Crippen LogP contribution in [0.4, 0.5) is 0 Å². The predicted octanol–water partition coefficient (Wildman–Crippen LogP) is 2.29. The molecule has 124 valence electrons. The molecule has 1 aliphatic carbocycles. The summed E-state index contributed by atoms with van der Waals surface area (Å²) in [5.74, 6) is 1.36. The zero-order valence-electron chi connectivity index (χ0n) is 14.3. The summed E-state index contributed by atoms with van der Waals surface area (Å²) in [4.78, 5) is 19.0. The van der Waals surface area contributed by atoms with E-state index in [4.69, 9.17) is 4.42 Å². The molecule has 0 saturated heterocycles. The molecular formula is C17H29N3O2. The minimum atomic E-state index is 0.0405. The lowest BCUT2D eigenvalue weighted by molar-refractivity contribution is 0.0632. The summed E-state index contributed by atoms with van der Waals surface area (Å²) in [6, 6.07) is 4.10. The van der Waals surface area contributed by atoms with Crippen LogP contribution in [0.25, 0.3) is 0 Å². The Balaban J connectivity index is 2.08. The van der Waals surface area contributed by atoms with E-state index in [0.717, 1.165) is 31.7 Å². The normalized spacial score (nSPS) is 15.9. The molecule has 1 amide bonds. The van der Waals surface area contributed by atoms with Crippen LogP contribution in [0.5, 0.6) is 0 Å². The van der Waals surface area contributed by atoms with Gasteiger partial charge in [-0.3, -0.25) is 4.79 Å². The van der Waals surface area contributed by atoms with E-state index in [9.17, 15) is 4.79 Å². The lowest BCUT2D eigenvalue weighted by atomic mass is 10.2. The Hall–Kier alpha value is -1.33. The van der Waals surface area contributed by atoms with Gasteiger partial charge in [-0.1, -0.05) is 12.8 Å². The maximum Gasteiger partial charge on any atom is 0.289 e. The number of carbonyl (C=O) groups is 1. The monoisotopic (exact) mass is 307 g/mol. The smallest absolute Gasteiger partial charge is 0.289 e. The molecule has 0 radical (unpaired) electrons. The van der Waals surface area contributed by atoms with Crippen molar-refractivity contribution >= 4 is 5.91 Å². The first-order valence-electron chi connectivity index (χ1n) is 8.16. The highest BCUT2D eigenvalue weighted by Crippen LogP contribution is 2.25. The lowest BCUT2D eigenvalue weighted by Gasteiger charge is -2.29. The van der Waals surface area contributed by atoms with Gasteiger partial charge in [0.15, 0.2) is 5.76 Å². The molecule has 22 heavy (non-hydrogen) atoms. The highest BCUT2D eigenvalue weighted by Gasteiger charge is 2.28. The fourth-order valence-electron chi connectivity index (χ4n) is 3.00. The maximum atomic E-state index is 12.8. The summed E-state index contributed by atoms with van der Waals surface area (Å²) in [5, 5.41) is 0. The van der Waals surface area contributed by atoms with Crippen LogP contribution in [0.3, 0.4) is 0 Å². The second-order valence-electron chi connectivity index (χ2n) is 6.74. The molecule has 1 aromatic heterocycles. The minimum Gasteiger partial charge on any atom is -0.455 e. The van der Waals surface area contributed by atoms with Crippen LogP contribution in [0.1, 0.15) is 42.0 Å². The Kier molecular flexibility index (Phi) is 6.03. The molecular weight excluding hydrogens is 278 g/mol. The standard InChI is InChI=1S/C17H29N3O2/c1-18(2)11-12-20(14-7-5-6-8-14)17(21)16-10-9-15(22-16)13-19(3)4/h9-10,14H,5-8,11-13H2,1-4H3. The third-order valence-electron chi connectivity index (χ3n) is 4.16. The Morgan fingerprint density at radius 3 is 2.36 bits per heavy atom. The van der Waals surface area contributed by atoms with Gasteiger partial charge < -0.3 is 19.1 Å². The van der Waals surface area contributed by atoms with E-state index >= 15 is 0 Å². The topological polar surface area (TPSA) is 39.9 Å². The van der Waals surface area contributed by atoms with Crippen LogP contribution in [-0.2, 0) is 6.54 Å². The van der Waals surface area contributed by atoms with Gasteiger partial charge in [-0.15, -0.1) is 0 Å². The van der Waals surface area contributed by atoms with Crippen molar-refractivity contribution in [2.24, 2.45) is 0 Å². The molecule has 5 nitrogen and oxygen atoms in total. The van der Waals surface area contributed by atoms with E-state index in [1.54, 1.807) is 0 Å². The van der Waals surface area contributed by atoms with Crippen LogP contribution in [0.15, 0.2) is 16.5 Å². The van der Waals surface area contributed by atoms with Gasteiger partial charge in [0.05, 0.1) is 6.54 Å². The number of hydrogen-bond acceptors (Lipinski definition) is 4. The van der Waals surface area contributed by atoms with E-state index in [1.807, 2.05) is 50.1 Å². The molecule has 1 saturated carbocycles. The van der Waals surface area contributed by atoms with Gasteiger partial charge in [0.1, 0.15) is 5.76 Å². The average molecular weight is 307 g/mol. The number of furan rings is 1. The largest absolute Gasteiger partial charge is 0.455 e. The van der Waals surface area contributed by atoms with Crippen LogP contribution >= 0.6 is 0 Å². The molecule has 0 spiro atoms. The summed E-state index contributed by atoms with van der Waals surface area (Å²) < 4.78 is 5.76. The molecule has 0 unspecified atom stereocenters. The summed E-state index contributed by atoms with van der Waals surface area (Å²) in [7, 11) is 8.07. The van der Waals surface area contributed by atoms with Crippen molar-refractivity contribution in [3.05, 3.63) is 23.7 Å². The van der Waals surface area contributed by atoms with Crippen molar-refractivity contribution < 1.29 is 9.21 Å². The summed E-state index contributed by atoms with van der Waals surface area (Å²) in [6.45, 7) is 2.36. The van der Waals surface area contributed by atoms with E-state index < -0.39 is 0 Å². The first kappa shape index (κ1) is 17.0. The second-order valence-corrected chi connectivity index (χ2v) is 6.74. The third kappa shape index (κ3) is 4.58. The zero-order chi connectivity index (χ0) is 16.1. The van der Waals surface area contributed by atoms with Crippen LogP contribution in [-0.4, -0.2) is 67.9 Å². The van der Waals surface area contributed by atoms with Crippen LogP contribution < -0.4 is 0 Å². The van der Waals surface area contributed by atoms with E-state index in [2.05, 4.69) is 4.90 Å². The Bertz CT molecular complexity index is 476. The number of rotatable bonds is 7. The Morgan fingerprint density at radius 2 is 1.77 bits per heavy atom. The highest BCUT2D eigenvalue weighted by atomic mass is 16.4. The Labute approximate surface area is 133 Å². The van der Waals surface area contributed by atoms with Gasteiger partial charge in [0.2, 0.25) is 0 Å².